The second-order valence-electron chi connectivity index (χ2n) is 18.5. The summed E-state index contributed by atoms with van der Waals surface area (Å²) < 4.78 is 0. The lowest BCUT2D eigenvalue weighted by Crippen LogP contribution is -2.61. The molecule has 30 heteroatoms. The molecule has 1 aliphatic rings. The standard InChI is InChI=1S/C47H85N19O11/c48-18-4-1-10-29(53)39(69)65-38(36(67)24-52)44(74)63-30(11-2-5-19-49)40(70)58-26-37(68)60-33(13-7-21-51)45(75)66-23-9-15-35(66)43(73)62-32(17-16-28-25-56-27-59-28)42(72)61-31(12-3-6-20-50)41(71)64-34(46(76)77)14-8-22-57-47(54)55/h14,25,27,29-33,35-36,38,67H,1-13,15-24,26,48-53H2,(H,56,59)(H,58,70)(H,60,68)(H,61,72)(H,62,73)(H,63,74)(H,64,71)(H,65,69)(H,76,77)(H4,54,55,57)/b34-14-/t29-,30-,31-,32-,33+,35-,36-,38-/m0/s1. The molecule has 77 heavy (non-hydrogen) atoms. The summed E-state index contributed by atoms with van der Waals surface area (Å²) in [4.78, 5) is 134. The number of H-pyrrole nitrogens is 1. The molecule has 0 unspecified atom stereocenters. The predicted octanol–water partition coefficient (Wildman–Crippen LogP) is -6.61. The van der Waals surface area contributed by atoms with Crippen molar-refractivity contribution in [1.82, 2.24) is 52.1 Å². The van der Waals surface area contributed by atoms with E-state index in [9.17, 15) is 53.4 Å². The quantitative estimate of drug-likeness (QED) is 0.0126. The van der Waals surface area contributed by atoms with Crippen LogP contribution in [-0.4, -0.2) is 185 Å². The van der Waals surface area contributed by atoms with Crippen LogP contribution < -0.4 is 83.1 Å². The largest absolute Gasteiger partial charge is 0.477 e. The minimum Gasteiger partial charge on any atom is -0.477 e. The van der Waals surface area contributed by atoms with Crippen LogP contribution in [0.4, 0.5) is 0 Å². The number of guanidine groups is 1. The number of aliphatic hydroxyl groups excluding tert-OH is 1. The number of likely N-dealkylation sites (tertiary alicyclic amines) is 1. The second kappa shape index (κ2) is 37.0. The van der Waals surface area contributed by atoms with Gasteiger partial charge in [0.1, 0.15) is 41.9 Å². The molecule has 26 N–H and O–H groups in total. The zero-order chi connectivity index (χ0) is 57.3. The molecule has 30 nitrogen and oxygen atoms in total. The van der Waals surface area contributed by atoms with E-state index >= 15 is 0 Å². The summed E-state index contributed by atoms with van der Waals surface area (Å²) in [5.74, 6) is -7.89. The first-order valence-corrected chi connectivity index (χ1v) is 26.1. The number of aryl methyl sites for hydroxylation is 1. The number of aromatic amines is 1. The number of nitrogens with two attached hydrogens (primary N) is 8. The number of carboxylic acid groups (broad SMARTS) is 1. The summed E-state index contributed by atoms with van der Waals surface area (Å²) in [5, 5.41) is 38.2. The topological polar surface area (TPSA) is 531 Å². The lowest BCUT2D eigenvalue weighted by molar-refractivity contribution is -0.142. The molecule has 1 aliphatic heterocycles. The van der Waals surface area contributed by atoms with Crippen LogP contribution in [-0.2, 0) is 49.6 Å². The molecule has 0 aromatic carbocycles. The van der Waals surface area contributed by atoms with Gasteiger partial charge >= 0.3 is 5.97 Å². The van der Waals surface area contributed by atoms with Crippen molar-refractivity contribution in [1.29, 1.82) is 0 Å². The molecule has 8 atom stereocenters. The third kappa shape index (κ3) is 24.8. The number of carbonyl (C=O) groups is 9. The molecule has 1 fully saturated rings. The van der Waals surface area contributed by atoms with Gasteiger partial charge in [0.25, 0.3) is 0 Å². The van der Waals surface area contributed by atoms with E-state index in [0.717, 1.165) is 0 Å². The van der Waals surface area contributed by atoms with E-state index in [1.807, 2.05) is 0 Å². The van der Waals surface area contributed by atoms with Gasteiger partial charge in [-0.15, -0.1) is 0 Å². The molecule has 1 aromatic rings. The Balaban J connectivity index is 2.29. The number of aliphatic carboxylic acids is 1. The summed E-state index contributed by atoms with van der Waals surface area (Å²) in [7, 11) is 0. The molecule has 0 radical (unpaired) electrons. The summed E-state index contributed by atoms with van der Waals surface area (Å²) in [5.41, 5.74) is 45.2. The Hall–Kier alpha value is -6.83. The molecule has 2 heterocycles. The van der Waals surface area contributed by atoms with Crippen LogP contribution >= 0.6 is 0 Å². The number of hydrogen-bond donors (Lipinski definition) is 18. The van der Waals surface area contributed by atoms with E-state index < -0.39 is 120 Å². The van der Waals surface area contributed by atoms with Gasteiger partial charge in [-0.2, -0.15) is 0 Å². The molecular formula is C47H85N19O11. The fraction of sp³-hybridized carbons (Fsp3) is 0.681. The molecule has 0 bridgehead atoms. The van der Waals surface area contributed by atoms with Gasteiger partial charge in [0, 0.05) is 31.5 Å². The second-order valence-corrected chi connectivity index (χ2v) is 18.5. The Morgan fingerprint density at radius 1 is 0.727 bits per heavy atom. The van der Waals surface area contributed by atoms with Gasteiger partial charge in [0.2, 0.25) is 47.3 Å². The van der Waals surface area contributed by atoms with Gasteiger partial charge in [-0.05, 0) is 122 Å². The van der Waals surface area contributed by atoms with E-state index in [-0.39, 0.29) is 96.5 Å². The first-order valence-electron chi connectivity index (χ1n) is 26.1. The van der Waals surface area contributed by atoms with Crippen LogP contribution in [0.1, 0.15) is 102 Å². The summed E-state index contributed by atoms with van der Waals surface area (Å²) in [6, 6.07) is -8.76. The first kappa shape index (κ1) is 66.3. The number of carbonyl (C=O) groups excluding carboxylic acids is 8. The van der Waals surface area contributed by atoms with Crippen molar-refractivity contribution in [3.63, 3.8) is 0 Å². The number of carboxylic acids is 1. The Bertz CT molecular complexity index is 2090. The van der Waals surface area contributed by atoms with E-state index in [2.05, 4.69) is 52.2 Å². The summed E-state index contributed by atoms with van der Waals surface area (Å²) in [6.07, 6.45) is 6.99. The number of nitrogens with one attached hydrogen (secondary N) is 8. The van der Waals surface area contributed by atoms with Gasteiger partial charge in [-0.1, -0.05) is 12.5 Å². The number of nitrogens with zero attached hydrogens (tertiary/aromatic N) is 3. The highest BCUT2D eigenvalue weighted by atomic mass is 16.4. The fourth-order valence-electron chi connectivity index (χ4n) is 8.12. The van der Waals surface area contributed by atoms with Crippen LogP contribution in [0.15, 0.2) is 29.3 Å². The van der Waals surface area contributed by atoms with Crippen LogP contribution in [0.25, 0.3) is 0 Å². The molecule has 0 saturated carbocycles. The zero-order valence-electron chi connectivity index (χ0n) is 43.9. The highest BCUT2D eigenvalue weighted by Crippen LogP contribution is 2.21. The Labute approximate surface area is 447 Å². The third-order valence-electron chi connectivity index (χ3n) is 12.4. The number of rotatable bonds is 39. The van der Waals surface area contributed by atoms with Crippen molar-refractivity contribution in [3.8, 4) is 0 Å². The predicted molar refractivity (Wildman–Crippen MR) is 284 cm³/mol. The fourth-order valence-corrected chi connectivity index (χ4v) is 8.12. The van der Waals surface area contributed by atoms with Crippen LogP contribution in [0, 0.1) is 0 Å². The average molecular weight is 1090 g/mol. The summed E-state index contributed by atoms with van der Waals surface area (Å²) >= 11 is 0. The Morgan fingerprint density at radius 3 is 1.91 bits per heavy atom. The first-order chi connectivity index (χ1) is 36.8. The maximum atomic E-state index is 14.3. The lowest BCUT2D eigenvalue weighted by Gasteiger charge is -2.30. The Kier molecular flexibility index (Phi) is 31.9. The van der Waals surface area contributed by atoms with E-state index in [4.69, 9.17) is 45.9 Å². The van der Waals surface area contributed by atoms with Gasteiger partial charge in [-0.3, -0.25) is 43.3 Å². The number of aliphatic imine (C=N–C) groups is 1. The van der Waals surface area contributed by atoms with Crippen molar-refractivity contribution in [3.05, 3.63) is 30.0 Å². The van der Waals surface area contributed by atoms with Crippen molar-refractivity contribution in [2.75, 3.05) is 52.4 Å². The van der Waals surface area contributed by atoms with Gasteiger partial charge < -0.3 is 103 Å². The SMILES string of the molecule is NCCCC[C@H](NC(=O)[C@H](CCc1cnc[nH]1)NC(=O)[C@@H]1CCCN1C(=O)[C@@H](CCCN)NC(=O)CNC(=O)[C@H](CCCCN)NC(=O)[C@@H](NC(=O)[C@@H](N)CCCCN)[C@@H](O)CN)C(=O)N/C(=C\CCN=C(N)N)C(=O)O. The number of aliphatic hydroxyl groups is 1. The molecule has 0 aliphatic carbocycles. The maximum absolute atomic E-state index is 14.3. The molecule has 1 saturated heterocycles. The molecule has 2 rings (SSSR count). The lowest BCUT2D eigenvalue weighted by atomic mass is 10.0. The van der Waals surface area contributed by atoms with Crippen molar-refractivity contribution < 1.29 is 53.4 Å². The van der Waals surface area contributed by atoms with Gasteiger partial charge in [0.05, 0.1) is 25.0 Å². The highest BCUT2D eigenvalue weighted by molar-refractivity contribution is 5.99. The van der Waals surface area contributed by atoms with E-state index in [0.29, 0.717) is 57.2 Å². The van der Waals surface area contributed by atoms with Crippen molar-refractivity contribution >= 4 is 59.2 Å². The minimum atomic E-state index is -1.59. The smallest absolute Gasteiger partial charge is 0.352 e. The number of hydrogen-bond acceptors (Lipinski definition) is 18. The maximum Gasteiger partial charge on any atom is 0.352 e. The zero-order valence-corrected chi connectivity index (χ0v) is 43.9. The molecule has 434 valence electrons. The Morgan fingerprint density at radius 2 is 1.32 bits per heavy atom. The van der Waals surface area contributed by atoms with Gasteiger partial charge in [-0.25, -0.2) is 9.78 Å². The van der Waals surface area contributed by atoms with Crippen molar-refractivity contribution in [2.45, 2.75) is 151 Å². The van der Waals surface area contributed by atoms with Crippen LogP contribution in [0.5, 0.6) is 0 Å². The number of aromatic nitrogens is 2. The third-order valence-corrected chi connectivity index (χ3v) is 12.4. The summed E-state index contributed by atoms with van der Waals surface area (Å²) in [6.45, 7) is 0.141. The van der Waals surface area contributed by atoms with Crippen molar-refractivity contribution in [2.24, 2.45) is 50.9 Å². The van der Waals surface area contributed by atoms with Gasteiger partial charge in [0.15, 0.2) is 5.96 Å². The van der Waals surface area contributed by atoms with E-state index in [1.165, 1.54) is 23.5 Å². The number of unbranched alkanes of at least 4 members (excludes halogenated alkanes) is 3. The number of imidazole rings is 1. The monoisotopic (exact) mass is 1090 g/mol. The molecule has 0 spiro atoms. The average Bonchev–Trinajstić information content (AvgIpc) is 4.13. The highest BCUT2D eigenvalue weighted by Gasteiger charge is 2.40. The molecule has 8 amide bonds. The minimum absolute atomic E-state index is 0.00141. The van der Waals surface area contributed by atoms with Crippen LogP contribution in [0.3, 0.4) is 0 Å². The molecular weight excluding hydrogens is 1010 g/mol. The van der Waals surface area contributed by atoms with Crippen LogP contribution in [0.2, 0.25) is 0 Å². The normalized spacial score (nSPS) is 16.1. The van der Waals surface area contributed by atoms with E-state index in [1.54, 1.807) is 0 Å². The molecule has 1 aromatic heterocycles. The number of amides is 8.